The molecule has 0 saturated carbocycles. The smallest absolute Gasteiger partial charge is 0.130 e. The molecule has 1 heterocycles. The van der Waals surface area contributed by atoms with E-state index in [9.17, 15) is 4.39 Å². The molecule has 2 nitrogen and oxygen atoms in total. The predicted molar refractivity (Wildman–Crippen MR) is 72.8 cm³/mol. The van der Waals surface area contributed by atoms with Gasteiger partial charge in [0.05, 0.1) is 5.02 Å². The van der Waals surface area contributed by atoms with Gasteiger partial charge in [-0.1, -0.05) is 29.3 Å². The van der Waals surface area contributed by atoms with Gasteiger partial charge in [0.1, 0.15) is 11.0 Å². The maximum atomic E-state index is 13.1. The van der Waals surface area contributed by atoms with Gasteiger partial charge in [0.15, 0.2) is 0 Å². The summed E-state index contributed by atoms with van der Waals surface area (Å²) in [6, 6.07) is 7.98. The van der Waals surface area contributed by atoms with Crippen LogP contribution < -0.4 is 4.90 Å². The number of nitrogens with zero attached hydrogens (tertiary/aromatic N) is 2. The summed E-state index contributed by atoms with van der Waals surface area (Å²) in [6.07, 6.45) is 1.63. The molecule has 2 aromatic rings. The van der Waals surface area contributed by atoms with Gasteiger partial charge >= 0.3 is 0 Å². The molecule has 1 aromatic carbocycles. The molecule has 0 bridgehead atoms. The SMILES string of the molecule is CN(Cc1cnc(Cl)cc1Cl)c1cccc(F)c1. The third-order valence-electron chi connectivity index (χ3n) is 2.55. The summed E-state index contributed by atoms with van der Waals surface area (Å²) in [4.78, 5) is 5.87. The molecule has 0 radical (unpaired) electrons. The Labute approximate surface area is 115 Å². The Balaban J connectivity index is 2.18. The molecule has 0 fully saturated rings. The first kappa shape index (κ1) is 13.1. The molecule has 0 atom stereocenters. The minimum Gasteiger partial charge on any atom is -0.370 e. The van der Waals surface area contributed by atoms with Gasteiger partial charge in [-0.25, -0.2) is 9.37 Å². The van der Waals surface area contributed by atoms with E-state index in [1.807, 2.05) is 18.0 Å². The molecule has 0 spiro atoms. The minimum absolute atomic E-state index is 0.264. The van der Waals surface area contributed by atoms with Crippen molar-refractivity contribution in [3.05, 3.63) is 58.1 Å². The van der Waals surface area contributed by atoms with Crippen LogP contribution in [0.2, 0.25) is 10.2 Å². The quantitative estimate of drug-likeness (QED) is 0.787. The van der Waals surface area contributed by atoms with E-state index in [1.165, 1.54) is 12.1 Å². The van der Waals surface area contributed by atoms with Crippen LogP contribution in [-0.4, -0.2) is 12.0 Å². The Hall–Kier alpha value is -1.32. The monoisotopic (exact) mass is 284 g/mol. The molecular weight excluding hydrogens is 274 g/mol. The molecule has 0 aliphatic carbocycles. The van der Waals surface area contributed by atoms with Crippen LogP contribution in [0.25, 0.3) is 0 Å². The molecule has 0 aliphatic rings. The lowest BCUT2D eigenvalue weighted by molar-refractivity contribution is 0.627. The second-order valence-electron chi connectivity index (χ2n) is 3.93. The summed E-state index contributed by atoms with van der Waals surface area (Å²) in [6.45, 7) is 0.534. The number of benzene rings is 1. The van der Waals surface area contributed by atoms with E-state index >= 15 is 0 Å². The van der Waals surface area contributed by atoms with E-state index in [-0.39, 0.29) is 5.82 Å². The van der Waals surface area contributed by atoms with Crippen molar-refractivity contribution in [2.45, 2.75) is 6.54 Å². The minimum atomic E-state index is -0.264. The molecule has 0 unspecified atom stereocenters. The van der Waals surface area contributed by atoms with Crippen molar-refractivity contribution in [3.8, 4) is 0 Å². The van der Waals surface area contributed by atoms with Crippen LogP contribution in [0, 0.1) is 5.82 Å². The maximum absolute atomic E-state index is 13.1. The fourth-order valence-electron chi connectivity index (χ4n) is 1.61. The van der Waals surface area contributed by atoms with Crippen molar-refractivity contribution >= 4 is 28.9 Å². The van der Waals surface area contributed by atoms with Gasteiger partial charge in [0.25, 0.3) is 0 Å². The summed E-state index contributed by atoms with van der Waals surface area (Å²) in [5.41, 5.74) is 1.62. The molecule has 0 N–H and O–H groups in total. The van der Waals surface area contributed by atoms with Gasteiger partial charge in [-0.3, -0.25) is 0 Å². The molecule has 2 rings (SSSR count). The number of halogens is 3. The molecule has 0 aliphatic heterocycles. The molecule has 0 saturated heterocycles. The lowest BCUT2D eigenvalue weighted by Crippen LogP contribution is -2.16. The Morgan fingerprint density at radius 1 is 1.28 bits per heavy atom. The zero-order valence-electron chi connectivity index (χ0n) is 9.70. The summed E-state index contributed by atoms with van der Waals surface area (Å²) in [5.74, 6) is -0.264. The Morgan fingerprint density at radius 2 is 2.06 bits per heavy atom. The van der Waals surface area contributed by atoms with E-state index < -0.39 is 0 Å². The number of aromatic nitrogens is 1. The van der Waals surface area contributed by atoms with Crippen molar-refractivity contribution in [3.63, 3.8) is 0 Å². The summed E-state index contributed by atoms with van der Waals surface area (Å²) >= 11 is 11.8. The average Bonchev–Trinajstić information content (AvgIpc) is 2.32. The van der Waals surface area contributed by atoms with E-state index in [0.717, 1.165) is 11.3 Å². The Kier molecular flexibility index (Phi) is 4.04. The average molecular weight is 285 g/mol. The van der Waals surface area contributed by atoms with Crippen molar-refractivity contribution in [2.24, 2.45) is 0 Å². The van der Waals surface area contributed by atoms with E-state index in [2.05, 4.69) is 4.98 Å². The number of hydrogen-bond donors (Lipinski definition) is 0. The van der Waals surface area contributed by atoms with Crippen molar-refractivity contribution < 1.29 is 4.39 Å². The molecule has 94 valence electrons. The molecule has 1 aromatic heterocycles. The highest BCUT2D eigenvalue weighted by atomic mass is 35.5. The number of rotatable bonds is 3. The highest BCUT2D eigenvalue weighted by Crippen LogP contribution is 2.22. The second kappa shape index (κ2) is 5.55. The Morgan fingerprint density at radius 3 is 2.72 bits per heavy atom. The summed E-state index contributed by atoms with van der Waals surface area (Å²) in [5, 5.41) is 0.912. The fraction of sp³-hybridized carbons (Fsp3) is 0.154. The maximum Gasteiger partial charge on any atom is 0.130 e. The first-order chi connectivity index (χ1) is 8.56. The van der Waals surface area contributed by atoms with Crippen molar-refractivity contribution in [1.29, 1.82) is 0 Å². The zero-order chi connectivity index (χ0) is 13.1. The second-order valence-corrected chi connectivity index (χ2v) is 4.73. The van der Waals surface area contributed by atoms with E-state index in [1.54, 1.807) is 18.3 Å². The van der Waals surface area contributed by atoms with Gasteiger partial charge in [-0.2, -0.15) is 0 Å². The first-order valence-corrected chi connectivity index (χ1v) is 6.08. The van der Waals surface area contributed by atoms with Crippen LogP contribution in [0.4, 0.5) is 10.1 Å². The first-order valence-electron chi connectivity index (χ1n) is 5.33. The van der Waals surface area contributed by atoms with Crippen molar-refractivity contribution in [2.75, 3.05) is 11.9 Å². The lowest BCUT2D eigenvalue weighted by Gasteiger charge is -2.19. The number of hydrogen-bond acceptors (Lipinski definition) is 2. The summed E-state index contributed by atoms with van der Waals surface area (Å²) < 4.78 is 13.1. The highest BCUT2D eigenvalue weighted by molar-refractivity contribution is 6.34. The van der Waals surface area contributed by atoms with Gasteiger partial charge < -0.3 is 4.90 Å². The molecule has 5 heteroatoms. The van der Waals surface area contributed by atoms with Crippen LogP contribution in [0.3, 0.4) is 0 Å². The lowest BCUT2D eigenvalue weighted by atomic mass is 10.2. The van der Waals surface area contributed by atoms with E-state index in [4.69, 9.17) is 23.2 Å². The van der Waals surface area contributed by atoms with Crippen LogP contribution >= 0.6 is 23.2 Å². The van der Waals surface area contributed by atoms with Gasteiger partial charge in [0, 0.05) is 31.0 Å². The number of pyridine rings is 1. The fourth-order valence-corrected chi connectivity index (χ4v) is 2.04. The third-order valence-corrected chi connectivity index (χ3v) is 3.11. The number of anilines is 1. The van der Waals surface area contributed by atoms with Crippen molar-refractivity contribution in [1.82, 2.24) is 4.98 Å². The highest BCUT2D eigenvalue weighted by Gasteiger charge is 2.07. The van der Waals surface area contributed by atoms with Crippen LogP contribution in [0.5, 0.6) is 0 Å². The van der Waals surface area contributed by atoms with E-state index in [0.29, 0.717) is 16.7 Å². The standard InChI is InChI=1S/C13H11Cl2FN2/c1-18(11-4-2-3-10(16)5-11)8-9-7-17-13(15)6-12(9)14/h2-7H,8H2,1H3. The molecule has 18 heavy (non-hydrogen) atoms. The van der Waals surface area contributed by atoms with Crippen LogP contribution in [0.1, 0.15) is 5.56 Å². The van der Waals surface area contributed by atoms with Gasteiger partial charge in [-0.05, 0) is 24.3 Å². The predicted octanol–water partition coefficient (Wildman–Crippen LogP) is 4.16. The zero-order valence-corrected chi connectivity index (χ0v) is 11.2. The molecular formula is C13H11Cl2FN2. The van der Waals surface area contributed by atoms with Crippen LogP contribution in [0.15, 0.2) is 36.5 Å². The Bertz CT molecular complexity index is 560. The molecule has 0 amide bonds. The van der Waals surface area contributed by atoms with Gasteiger partial charge in [0.2, 0.25) is 0 Å². The topological polar surface area (TPSA) is 16.1 Å². The van der Waals surface area contributed by atoms with Gasteiger partial charge in [-0.15, -0.1) is 0 Å². The normalized spacial score (nSPS) is 10.4. The summed E-state index contributed by atoms with van der Waals surface area (Å²) in [7, 11) is 1.86. The third kappa shape index (κ3) is 3.12. The largest absolute Gasteiger partial charge is 0.370 e. The van der Waals surface area contributed by atoms with Crippen LogP contribution in [-0.2, 0) is 6.54 Å².